The average Bonchev–Trinajstić information content (AvgIpc) is 2.48. The van der Waals surface area contributed by atoms with E-state index in [1.165, 1.54) is 6.07 Å². The number of hydrogen-bond acceptors (Lipinski definition) is 2. The summed E-state index contributed by atoms with van der Waals surface area (Å²) in [6.07, 6.45) is 7.02. The first-order valence-electron chi connectivity index (χ1n) is 8.02. The van der Waals surface area contributed by atoms with Crippen molar-refractivity contribution in [1.82, 2.24) is 0 Å². The van der Waals surface area contributed by atoms with Crippen molar-refractivity contribution in [3.05, 3.63) is 41.5 Å². The summed E-state index contributed by atoms with van der Waals surface area (Å²) in [6.45, 7) is 8.50. The molecule has 2 aliphatic rings. The molecular formula is C19H24O3. The Kier molecular flexibility index (Phi) is 3.35. The van der Waals surface area contributed by atoms with Gasteiger partial charge in [-0.15, -0.1) is 6.58 Å². The van der Waals surface area contributed by atoms with Gasteiger partial charge in [-0.3, -0.25) is 0 Å². The molecular weight excluding hydrogens is 276 g/mol. The van der Waals surface area contributed by atoms with Crippen LogP contribution in [-0.2, 0) is 11.8 Å². The minimum Gasteiger partial charge on any atom is -0.508 e. The predicted octanol–water partition coefficient (Wildman–Crippen LogP) is 4.29. The van der Waals surface area contributed by atoms with Crippen molar-refractivity contribution in [2.45, 2.75) is 51.4 Å². The highest BCUT2D eigenvalue weighted by atomic mass is 16.4. The van der Waals surface area contributed by atoms with Gasteiger partial charge in [0.25, 0.3) is 0 Å². The van der Waals surface area contributed by atoms with E-state index in [9.17, 15) is 15.0 Å². The van der Waals surface area contributed by atoms with E-state index in [1.54, 1.807) is 6.07 Å². The molecule has 2 N–H and O–H groups in total. The summed E-state index contributed by atoms with van der Waals surface area (Å²) >= 11 is 0. The van der Waals surface area contributed by atoms with Crippen molar-refractivity contribution in [3.8, 4) is 5.75 Å². The lowest BCUT2D eigenvalue weighted by Crippen LogP contribution is -2.44. The Morgan fingerprint density at radius 2 is 2.09 bits per heavy atom. The van der Waals surface area contributed by atoms with Crippen LogP contribution < -0.4 is 0 Å². The lowest BCUT2D eigenvalue weighted by molar-refractivity contribution is 0.0689. The van der Waals surface area contributed by atoms with Gasteiger partial charge < -0.3 is 10.2 Å². The van der Waals surface area contributed by atoms with Crippen LogP contribution in [0.2, 0.25) is 0 Å². The molecule has 0 heterocycles. The molecule has 0 aromatic heterocycles. The van der Waals surface area contributed by atoms with Crippen molar-refractivity contribution in [3.63, 3.8) is 0 Å². The molecule has 2 aliphatic carbocycles. The van der Waals surface area contributed by atoms with Crippen LogP contribution in [-0.4, -0.2) is 16.2 Å². The van der Waals surface area contributed by atoms with E-state index < -0.39 is 5.97 Å². The zero-order valence-corrected chi connectivity index (χ0v) is 13.4. The van der Waals surface area contributed by atoms with Crippen molar-refractivity contribution in [1.29, 1.82) is 0 Å². The summed E-state index contributed by atoms with van der Waals surface area (Å²) in [7, 11) is 0. The summed E-state index contributed by atoms with van der Waals surface area (Å²) < 4.78 is 0. The SMILES string of the molecule is C=C[C@@]1(C)CC[C@]2(C)c3cc(O)cc(C(=O)O)c3CC[C@H]2C1. The number of carboxylic acid groups (broad SMARTS) is 1. The maximum atomic E-state index is 11.5. The average molecular weight is 300 g/mol. The van der Waals surface area contributed by atoms with Gasteiger partial charge in [-0.25, -0.2) is 4.79 Å². The molecule has 118 valence electrons. The number of phenols is 1. The molecule has 0 radical (unpaired) electrons. The third-order valence-corrected chi connectivity index (χ3v) is 6.15. The monoisotopic (exact) mass is 300 g/mol. The van der Waals surface area contributed by atoms with Gasteiger partial charge in [0.1, 0.15) is 5.75 Å². The molecule has 1 aromatic rings. The number of hydrogen-bond donors (Lipinski definition) is 2. The number of aromatic carboxylic acids is 1. The molecule has 1 aromatic carbocycles. The second-order valence-corrected chi connectivity index (χ2v) is 7.54. The predicted molar refractivity (Wildman–Crippen MR) is 86.4 cm³/mol. The second-order valence-electron chi connectivity index (χ2n) is 7.54. The first kappa shape index (κ1) is 15.1. The fourth-order valence-electron chi connectivity index (χ4n) is 4.55. The van der Waals surface area contributed by atoms with Gasteiger partial charge in [-0.2, -0.15) is 0 Å². The smallest absolute Gasteiger partial charge is 0.336 e. The molecule has 3 rings (SSSR count). The highest BCUT2D eigenvalue weighted by molar-refractivity contribution is 5.90. The van der Waals surface area contributed by atoms with Gasteiger partial charge in [0.15, 0.2) is 0 Å². The molecule has 22 heavy (non-hydrogen) atoms. The lowest BCUT2D eigenvalue weighted by Gasteiger charge is -2.51. The van der Waals surface area contributed by atoms with E-state index >= 15 is 0 Å². The number of carbonyl (C=O) groups is 1. The maximum absolute atomic E-state index is 11.5. The quantitative estimate of drug-likeness (QED) is 0.801. The molecule has 1 saturated carbocycles. The second kappa shape index (κ2) is 4.87. The Morgan fingerprint density at radius 1 is 1.36 bits per heavy atom. The highest BCUT2D eigenvalue weighted by Gasteiger charge is 2.47. The first-order valence-corrected chi connectivity index (χ1v) is 8.02. The standard InChI is InChI=1S/C19H24O3/c1-4-18(2)7-8-19(3)12(11-18)5-6-14-15(17(21)22)9-13(20)10-16(14)19/h4,9-10,12,20H,1,5-8,11H2,2-3H3,(H,21,22)/t12-,18-,19-/m0/s1. The maximum Gasteiger partial charge on any atom is 0.336 e. The number of fused-ring (bicyclic) bond motifs is 3. The molecule has 0 bridgehead atoms. The summed E-state index contributed by atoms with van der Waals surface area (Å²) in [6, 6.07) is 3.19. The van der Waals surface area contributed by atoms with Crippen molar-refractivity contribution >= 4 is 5.97 Å². The van der Waals surface area contributed by atoms with Crippen LogP contribution >= 0.6 is 0 Å². The Bertz CT molecular complexity index is 648. The van der Waals surface area contributed by atoms with Crippen molar-refractivity contribution < 1.29 is 15.0 Å². The number of phenolic OH excluding ortho intramolecular Hbond substituents is 1. The molecule has 3 nitrogen and oxygen atoms in total. The third-order valence-electron chi connectivity index (χ3n) is 6.15. The Morgan fingerprint density at radius 3 is 2.73 bits per heavy atom. The number of carboxylic acids is 1. The number of rotatable bonds is 2. The van der Waals surface area contributed by atoms with Gasteiger partial charge in [-0.05, 0) is 72.1 Å². The number of benzene rings is 1. The van der Waals surface area contributed by atoms with Crippen LogP contribution in [0.3, 0.4) is 0 Å². The highest BCUT2D eigenvalue weighted by Crippen LogP contribution is 2.56. The normalized spacial score (nSPS) is 33.6. The van der Waals surface area contributed by atoms with Crippen LogP contribution in [0.4, 0.5) is 0 Å². The molecule has 0 saturated heterocycles. The van der Waals surface area contributed by atoms with E-state index in [4.69, 9.17) is 0 Å². The van der Waals surface area contributed by atoms with E-state index in [-0.39, 0.29) is 22.1 Å². The van der Waals surface area contributed by atoms with E-state index in [0.29, 0.717) is 5.92 Å². The van der Waals surface area contributed by atoms with Crippen molar-refractivity contribution in [2.24, 2.45) is 11.3 Å². The number of allylic oxidation sites excluding steroid dienone is 1. The topological polar surface area (TPSA) is 57.5 Å². The third kappa shape index (κ3) is 2.15. The van der Waals surface area contributed by atoms with Gasteiger partial charge >= 0.3 is 5.97 Å². The first-order chi connectivity index (χ1) is 10.3. The summed E-state index contributed by atoms with van der Waals surface area (Å²) in [5, 5.41) is 19.4. The molecule has 0 aliphatic heterocycles. The van der Waals surface area contributed by atoms with E-state index in [1.807, 2.05) is 0 Å². The molecule has 0 spiro atoms. The molecule has 0 amide bonds. The molecule has 3 atom stereocenters. The van der Waals surface area contributed by atoms with Crippen LogP contribution in [0.25, 0.3) is 0 Å². The van der Waals surface area contributed by atoms with Gasteiger partial charge in [0, 0.05) is 0 Å². The lowest BCUT2D eigenvalue weighted by atomic mass is 9.53. The summed E-state index contributed by atoms with van der Waals surface area (Å²) in [4.78, 5) is 11.5. The Hall–Kier alpha value is -1.77. The van der Waals surface area contributed by atoms with Crippen LogP contribution in [0.1, 0.15) is 61.0 Å². The molecule has 3 heteroatoms. The zero-order valence-electron chi connectivity index (χ0n) is 13.4. The minimum atomic E-state index is -0.944. The minimum absolute atomic E-state index is 0.0426. The van der Waals surface area contributed by atoms with Crippen LogP contribution in [0.15, 0.2) is 24.8 Å². The molecule has 1 fully saturated rings. The van der Waals surface area contributed by atoms with Gasteiger partial charge in [0.05, 0.1) is 5.56 Å². The van der Waals surface area contributed by atoms with E-state index in [2.05, 4.69) is 26.5 Å². The fraction of sp³-hybridized carbons (Fsp3) is 0.526. The van der Waals surface area contributed by atoms with Gasteiger partial charge in [0.2, 0.25) is 0 Å². The van der Waals surface area contributed by atoms with Crippen molar-refractivity contribution in [2.75, 3.05) is 0 Å². The largest absolute Gasteiger partial charge is 0.508 e. The van der Waals surface area contributed by atoms with Crippen LogP contribution in [0.5, 0.6) is 5.75 Å². The zero-order chi connectivity index (χ0) is 16.1. The Balaban J connectivity index is 2.10. The Labute approximate surface area is 131 Å². The summed E-state index contributed by atoms with van der Waals surface area (Å²) in [5.41, 5.74) is 2.37. The number of aromatic hydroxyl groups is 1. The van der Waals surface area contributed by atoms with Gasteiger partial charge in [-0.1, -0.05) is 19.9 Å². The van der Waals surface area contributed by atoms with Crippen LogP contribution in [0, 0.1) is 11.3 Å². The fourth-order valence-corrected chi connectivity index (χ4v) is 4.55. The molecule has 0 unspecified atom stereocenters. The summed E-state index contributed by atoms with van der Waals surface area (Å²) in [5.74, 6) is -0.365. The van der Waals surface area contributed by atoms with E-state index in [0.717, 1.165) is 43.2 Å².